The first-order valence-corrected chi connectivity index (χ1v) is 7.55. The van der Waals surface area contributed by atoms with Gasteiger partial charge in [0.25, 0.3) is 0 Å². The average Bonchev–Trinajstić information content (AvgIpc) is 3.20. The number of rotatable bonds is 5. The second kappa shape index (κ2) is 5.94. The van der Waals surface area contributed by atoms with Gasteiger partial charge in [0.05, 0.1) is 6.54 Å². The van der Waals surface area contributed by atoms with Gasteiger partial charge in [-0.3, -0.25) is 9.69 Å². The molecule has 4 nitrogen and oxygen atoms in total. The Morgan fingerprint density at radius 3 is 2.60 bits per heavy atom. The van der Waals surface area contributed by atoms with Crippen LogP contribution in [0.2, 0.25) is 0 Å². The highest BCUT2D eigenvalue weighted by Gasteiger charge is 2.39. The second-order valence-electron chi connectivity index (χ2n) is 5.90. The highest BCUT2D eigenvalue weighted by molar-refractivity contribution is 5.79. The van der Waals surface area contributed by atoms with Gasteiger partial charge in [-0.2, -0.15) is 0 Å². The average molecular weight is 273 g/mol. The molecule has 0 unspecified atom stereocenters. The molecule has 2 N–H and O–H groups in total. The number of carbonyl (C=O) groups excluding carboxylic acids is 1. The third-order valence-corrected chi connectivity index (χ3v) is 4.29. The molecule has 1 saturated carbocycles. The van der Waals surface area contributed by atoms with E-state index in [-0.39, 0.29) is 12.5 Å². The van der Waals surface area contributed by atoms with E-state index in [1.54, 1.807) is 0 Å². The molecule has 3 rings (SSSR count). The van der Waals surface area contributed by atoms with Gasteiger partial charge in [0, 0.05) is 31.7 Å². The van der Waals surface area contributed by atoms with Gasteiger partial charge in [-0.1, -0.05) is 30.3 Å². The minimum Gasteiger partial charge on any atom is -0.334 e. The van der Waals surface area contributed by atoms with Crippen LogP contribution >= 0.6 is 0 Å². The molecule has 1 aliphatic carbocycles. The fraction of sp³-hybridized carbons (Fsp3) is 0.562. The van der Waals surface area contributed by atoms with Gasteiger partial charge in [0.1, 0.15) is 0 Å². The van der Waals surface area contributed by atoms with E-state index >= 15 is 0 Å². The summed E-state index contributed by atoms with van der Waals surface area (Å²) in [7, 11) is 0. The van der Waals surface area contributed by atoms with Crippen molar-refractivity contribution in [3.05, 3.63) is 35.9 Å². The molecule has 2 fully saturated rings. The molecule has 1 heterocycles. The van der Waals surface area contributed by atoms with E-state index in [2.05, 4.69) is 34.1 Å². The lowest BCUT2D eigenvalue weighted by molar-refractivity contribution is -0.132. The first kappa shape index (κ1) is 13.6. The molecule has 0 bridgehead atoms. The van der Waals surface area contributed by atoms with Gasteiger partial charge < -0.3 is 10.6 Å². The maximum absolute atomic E-state index is 12.0. The summed E-state index contributed by atoms with van der Waals surface area (Å²) in [5, 5.41) is 0. The van der Waals surface area contributed by atoms with Crippen LogP contribution in [0.25, 0.3) is 0 Å². The van der Waals surface area contributed by atoms with Crippen molar-refractivity contribution in [2.75, 3.05) is 19.6 Å². The summed E-state index contributed by atoms with van der Waals surface area (Å²) in [6.45, 7) is 3.18. The van der Waals surface area contributed by atoms with Gasteiger partial charge in [-0.25, -0.2) is 0 Å². The first-order valence-electron chi connectivity index (χ1n) is 7.55. The van der Waals surface area contributed by atoms with Gasteiger partial charge in [-0.05, 0) is 24.8 Å². The number of likely N-dealkylation sites (tertiary alicyclic amines) is 1. The van der Waals surface area contributed by atoms with Crippen LogP contribution in [0.15, 0.2) is 30.3 Å². The van der Waals surface area contributed by atoms with Crippen molar-refractivity contribution in [1.82, 2.24) is 9.80 Å². The molecule has 0 spiro atoms. The Labute approximate surface area is 120 Å². The topological polar surface area (TPSA) is 49.6 Å². The van der Waals surface area contributed by atoms with Crippen molar-refractivity contribution >= 4 is 5.91 Å². The molecule has 20 heavy (non-hydrogen) atoms. The summed E-state index contributed by atoms with van der Waals surface area (Å²) in [6, 6.07) is 11.4. The molecule has 0 aromatic heterocycles. The van der Waals surface area contributed by atoms with Crippen LogP contribution in [-0.4, -0.2) is 47.4 Å². The van der Waals surface area contributed by atoms with E-state index in [0.717, 1.165) is 38.9 Å². The summed E-state index contributed by atoms with van der Waals surface area (Å²) in [4.78, 5) is 16.5. The minimum absolute atomic E-state index is 0.124. The lowest BCUT2D eigenvalue weighted by atomic mass is 10.2. The molecule has 1 atom stereocenters. The molecule has 1 aromatic rings. The standard InChI is InChI=1S/C16H23N3O/c17-10-16(20)19(14-6-7-14)15-8-9-18(12-15)11-13-4-2-1-3-5-13/h1-5,14-15H,6-12,17H2/t15-/m0/s1. The van der Waals surface area contributed by atoms with E-state index in [9.17, 15) is 4.79 Å². The van der Waals surface area contributed by atoms with Crippen molar-refractivity contribution in [2.24, 2.45) is 5.73 Å². The quantitative estimate of drug-likeness (QED) is 0.877. The maximum Gasteiger partial charge on any atom is 0.236 e. The van der Waals surface area contributed by atoms with Crippen molar-refractivity contribution in [2.45, 2.75) is 37.9 Å². The number of hydrogen-bond acceptors (Lipinski definition) is 3. The Hall–Kier alpha value is -1.39. The summed E-state index contributed by atoms with van der Waals surface area (Å²) < 4.78 is 0. The maximum atomic E-state index is 12.0. The summed E-state index contributed by atoms with van der Waals surface area (Å²) in [5.74, 6) is 0.124. The van der Waals surface area contributed by atoms with E-state index in [4.69, 9.17) is 5.73 Å². The zero-order chi connectivity index (χ0) is 13.9. The fourth-order valence-electron chi connectivity index (χ4n) is 3.19. The molecule has 2 aliphatic rings. The van der Waals surface area contributed by atoms with Gasteiger partial charge >= 0.3 is 0 Å². The Kier molecular flexibility index (Phi) is 4.03. The van der Waals surface area contributed by atoms with Crippen molar-refractivity contribution in [3.8, 4) is 0 Å². The second-order valence-corrected chi connectivity index (χ2v) is 5.90. The largest absolute Gasteiger partial charge is 0.334 e. The van der Waals surface area contributed by atoms with Crippen molar-refractivity contribution < 1.29 is 4.79 Å². The molecule has 1 aromatic carbocycles. The number of hydrogen-bond donors (Lipinski definition) is 1. The first-order chi connectivity index (χ1) is 9.78. The molecular formula is C16H23N3O. The van der Waals surface area contributed by atoms with E-state index in [1.165, 1.54) is 5.56 Å². The Morgan fingerprint density at radius 2 is 1.95 bits per heavy atom. The predicted octanol–water partition coefficient (Wildman–Crippen LogP) is 1.21. The fourth-order valence-corrected chi connectivity index (χ4v) is 3.19. The highest BCUT2D eigenvalue weighted by atomic mass is 16.2. The number of benzene rings is 1. The van der Waals surface area contributed by atoms with Gasteiger partial charge in [0.15, 0.2) is 0 Å². The summed E-state index contributed by atoms with van der Waals surface area (Å²) in [6.07, 6.45) is 3.39. The summed E-state index contributed by atoms with van der Waals surface area (Å²) in [5.41, 5.74) is 6.90. The molecule has 1 aliphatic heterocycles. The number of nitrogens with two attached hydrogens (primary N) is 1. The number of nitrogens with zero attached hydrogens (tertiary/aromatic N) is 2. The molecule has 1 saturated heterocycles. The number of carbonyl (C=O) groups is 1. The Bertz CT molecular complexity index is 458. The molecule has 0 radical (unpaired) electrons. The van der Waals surface area contributed by atoms with Crippen LogP contribution in [0.4, 0.5) is 0 Å². The highest BCUT2D eigenvalue weighted by Crippen LogP contribution is 2.31. The third kappa shape index (κ3) is 3.02. The van der Waals surface area contributed by atoms with Gasteiger partial charge in [0.2, 0.25) is 5.91 Å². The molecule has 4 heteroatoms. The van der Waals surface area contributed by atoms with E-state index < -0.39 is 0 Å². The van der Waals surface area contributed by atoms with Crippen molar-refractivity contribution in [1.29, 1.82) is 0 Å². The molecule has 108 valence electrons. The zero-order valence-corrected chi connectivity index (χ0v) is 11.9. The van der Waals surface area contributed by atoms with Crippen LogP contribution in [0.3, 0.4) is 0 Å². The van der Waals surface area contributed by atoms with Crippen LogP contribution < -0.4 is 5.73 Å². The molecular weight excluding hydrogens is 250 g/mol. The van der Waals surface area contributed by atoms with Gasteiger partial charge in [-0.15, -0.1) is 0 Å². The number of amides is 1. The van der Waals surface area contributed by atoms with Crippen LogP contribution in [0.5, 0.6) is 0 Å². The van der Waals surface area contributed by atoms with E-state index in [0.29, 0.717) is 12.1 Å². The third-order valence-electron chi connectivity index (χ3n) is 4.29. The predicted molar refractivity (Wildman–Crippen MR) is 79.0 cm³/mol. The van der Waals surface area contributed by atoms with Crippen molar-refractivity contribution in [3.63, 3.8) is 0 Å². The Morgan fingerprint density at radius 1 is 1.20 bits per heavy atom. The van der Waals surface area contributed by atoms with Crippen LogP contribution in [0, 0.1) is 0 Å². The lowest BCUT2D eigenvalue weighted by Crippen LogP contribution is -2.46. The van der Waals surface area contributed by atoms with Crippen LogP contribution in [0.1, 0.15) is 24.8 Å². The monoisotopic (exact) mass is 273 g/mol. The minimum atomic E-state index is 0.124. The Balaban J connectivity index is 1.59. The lowest BCUT2D eigenvalue weighted by Gasteiger charge is -2.29. The SMILES string of the molecule is NCC(=O)N(C1CC1)[C@H]1CCN(Cc2ccccc2)C1. The smallest absolute Gasteiger partial charge is 0.236 e. The molecule has 1 amide bonds. The van der Waals surface area contributed by atoms with Crippen LogP contribution in [-0.2, 0) is 11.3 Å². The van der Waals surface area contributed by atoms with E-state index in [1.807, 2.05) is 6.07 Å². The summed E-state index contributed by atoms with van der Waals surface area (Å²) >= 11 is 0. The zero-order valence-electron chi connectivity index (χ0n) is 11.9. The normalized spacial score (nSPS) is 22.9.